The molecule has 0 radical (unpaired) electrons. The zero-order chi connectivity index (χ0) is 13.5. The minimum absolute atomic E-state index is 0.226. The predicted molar refractivity (Wildman–Crippen MR) is 72.8 cm³/mol. The number of benzene rings is 1. The number of hydrogen-bond donors (Lipinski definition) is 1. The van der Waals surface area contributed by atoms with Crippen molar-refractivity contribution in [1.82, 2.24) is 0 Å². The van der Waals surface area contributed by atoms with Crippen LogP contribution in [0.1, 0.15) is 45.3 Å². The van der Waals surface area contributed by atoms with Gasteiger partial charge in [0, 0.05) is 11.6 Å². The van der Waals surface area contributed by atoms with E-state index in [0.29, 0.717) is 18.1 Å². The number of rotatable bonds is 7. The highest BCUT2D eigenvalue weighted by Crippen LogP contribution is 2.24. The Balaban J connectivity index is 2.69. The van der Waals surface area contributed by atoms with E-state index in [4.69, 9.17) is 10.5 Å². The third kappa shape index (κ3) is 4.39. The molecule has 0 aromatic heterocycles. The van der Waals surface area contributed by atoms with Crippen LogP contribution in [0.4, 0.5) is 4.39 Å². The smallest absolute Gasteiger partial charge is 0.129 e. The lowest BCUT2D eigenvalue weighted by atomic mass is 10.0. The third-order valence-corrected chi connectivity index (χ3v) is 3.03. The van der Waals surface area contributed by atoms with Crippen molar-refractivity contribution < 1.29 is 9.13 Å². The van der Waals surface area contributed by atoms with Crippen LogP contribution in [-0.2, 0) is 4.74 Å². The van der Waals surface area contributed by atoms with Gasteiger partial charge in [-0.1, -0.05) is 38.5 Å². The minimum atomic E-state index is -0.370. The molecule has 1 rings (SSSR count). The van der Waals surface area contributed by atoms with Crippen molar-refractivity contribution >= 4 is 0 Å². The molecule has 0 bridgehead atoms. The van der Waals surface area contributed by atoms with Gasteiger partial charge in [-0.15, -0.1) is 0 Å². The molecular weight excluding hydrogens is 229 g/mol. The normalized spacial score (nSPS) is 16.3. The first-order valence-electron chi connectivity index (χ1n) is 6.67. The Bertz CT molecular complexity index is 354. The van der Waals surface area contributed by atoms with Gasteiger partial charge in [0.1, 0.15) is 11.9 Å². The van der Waals surface area contributed by atoms with Crippen molar-refractivity contribution in [2.45, 2.75) is 45.8 Å². The summed E-state index contributed by atoms with van der Waals surface area (Å²) in [5.74, 6) is 0.228. The first-order chi connectivity index (χ1) is 8.56. The molecule has 18 heavy (non-hydrogen) atoms. The maximum Gasteiger partial charge on any atom is 0.129 e. The van der Waals surface area contributed by atoms with Gasteiger partial charge in [0.2, 0.25) is 0 Å². The van der Waals surface area contributed by atoms with Crippen LogP contribution in [-0.4, -0.2) is 12.6 Å². The molecule has 3 unspecified atom stereocenters. The number of halogens is 1. The zero-order valence-corrected chi connectivity index (χ0v) is 11.5. The van der Waals surface area contributed by atoms with Gasteiger partial charge in [0.15, 0.2) is 0 Å². The van der Waals surface area contributed by atoms with E-state index < -0.39 is 0 Å². The van der Waals surface area contributed by atoms with Gasteiger partial charge in [-0.2, -0.15) is 0 Å². The molecule has 2 nitrogen and oxygen atoms in total. The summed E-state index contributed by atoms with van der Waals surface area (Å²) >= 11 is 0. The third-order valence-electron chi connectivity index (χ3n) is 3.03. The Labute approximate surface area is 109 Å². The molecule has 102 valence electrons. The maximum atomic E-state index is 13.7. The molecule has 3 heteroatoms. The summed E-state index contributed by atoms with van der Waals surface area (Å²) in [5, 5.41) is 0. The lowest BCUT2D eigenvalue weighted by Crippen LogP contribution is -2.29. The lowest BCUT2D eigenvalue weighted by Gasteiger charge is -2.24. The Morgan fingerprint density at radius 3 is 2.50 bits per heavy atom. The monoisotopic (exact) mass is 253 g/mol. The Morgan fingerprint density at radius 1 is 1.28 bits per heavy atom. The molecule has 0 spiro atoms. The van der Waals surface area contributed by atoms with E-state index in [1.807, 2.05) is 13.0 Å². The van der Waals surface area contributed by atoms with Crippen molar-refractivity contribution in [3.05, 3.63) is 35.6 Å². The summed E-state index contributed by atoms with van der Waals surface area (Å²) in [5.41, 5.74) is 6.46. The second kappa shape index (κ2) is 7.49. The van der Waals surface area contributed by atoms with Crippen molar-refractivity contribution in [3.63, 3.8) is 0 Å². The molecule has 0 aliphatic rings. The zero-order valence-electron chi connectivity index (χ0n) is 11.5. The molecule has 0 amide bonds. The van der Waals surface area contributed by atoms with Gasteiger partial charge in [0.25, 0.3) is 0 Å². The van der Waals surface area contributed by atoms with E-state index in [0.717, 1.165) is 12.8 Å². The topological polar surface area (TPSA) is 35.2 Å². The van der Waals surface area contributed by atoms with Crippen LogP contribution in [0.2, 0.25) is 0 Å². The summed E-state index contributed by atoms with van der Waals surface area (Å²) in [6.45, 7) is 6.76. The molecule has 3 atom stereocenters. The molecular formula is C15H24FNO. The van der Waals surface area contributed by atoms with Gasteiger partial charge in [0.05, 0.1) is 6.61 Å². The SMILES string of the molecule is CCCC(C)COC(c1ccccc1F)C(C)N. The van der Waals surface area contributed by atoms with Crippen molar-refractivity contribution in [2.24, 2.45) is 11.7 Å². The maximum absolute atomic E-state index is 13.7. The molecule has 0 saturated heterocycles. The fraction of sp³-hybridized carbons (Fsp3) is 0.600. The van der Waals surface area contributed by atoms with E-state index in [-0.39, 0.29) is 18.0 Å². The lowest BCUT2D eigenvalue weighted by molar-refractivity contribution is 0.0153. The first kappa shape index (κ1) is 15.1. The van der Waals surface area contributed by atoms with E-state index in [1.165, 1.54) is 6.07 Å². The largest absolute Gasteiger partial charge is 0.372 e. The average Bonchev–Trinajstić information content (AvgIpc) is 2.31. The van der Waals surface area contributed by atoms with E-state index in [9.17, 15) is 4.39 Å². The summed E-state index contributed by atoms with van der Waals surface area (Å²) in [7, 11) is 0. The van der Waals surface area contributed by atoms with Crippen molar-refractivity contribution in [3.8, 4) is 0 Å². The van der Waals surface area contributed by atoms with E-state index in [2.05, 4.69) is 13.8 Å². The van der Waals surface area contributed by atoms with Crippen LogP contribution >= 0.6 is 0 Å². The van der Waals surface area contributed by atoms with Crippen LogP contribution in [0, 0.1) is 11.7 Å². The summed E-state index contributed by atoms with van der Waals surface area (Å²) in [6, 6.07) is 6.46. The number of hydrogen-bond acceptors (Lipinski definition) is 2. The van der Waals surface area contributed by atoms with Crippen molar-refractivity contribution in [2.75, 3.05) is 6.61 Å². The highest BCUT2D eigenvalue weighted by atomic mass is 19.1. The van der Waals surface area contributed by atoms with E-state index in [1.54, 1.807) is 12.1 Å². The fourth-order valence-corrected chi connectivity index (χ4v) is 2.07. The highest BCUT2D eigenvalue weighted by Gasteiger charge is 2.20. The highest BCUT2D eigenvalue weighted by molar-refractivity contribution is 5.21. The Hall–Kier alpha value is -0.930. The molecule has 0 aliphatic carbocycles. The van der Waals surface area contributed by atoms with Crippen LogP contribution in [0.3, 0.4) is 0 Å². The van der Waals surface area contributed by atoms with Gasteiger partial charge < -0.3 is 10.5 Å². The number of ether oxygens (including phenoxy) is 1. The Morgan fingerprint density at radius 2 is 1.94 bits per heavy atom. The molecule has 0 heterocycles. The molecule has 0 fully saturated rings. The van der Waals surface area contributed by atoms with Gasteiger partial charge in [-0.25, -0.2) is 4.39 Å². The van der Waals surface area contributed by atoms with Crippen LogP contribution < -0.4 is 5.73 Å². The molecule has 1 aromatic carbocycles. The quantitative estimate of drug-likeness (QED) is 0.804. The standard InChI is InChI=1S/C15H24FNO/c1-4-7-11(2)10-18-15(12(3)17)13-8-5-6-9-14(13)16/h5-6,8-9,11-12,15H,4,7,10,17H2,1-3H3. The summed E-state index contributed by atoms with van der Waals surface area (Å²) in [4.78, 5) is 0. The number of nitrogens with two attached hydrogens (primary N) is 1. The van der Waals surface area contributed by atoms with Gasteiger partial charge in [-0.3, -0.25) is 0 Å². The second-order valence-corrected chi connectivity index (χ2v) is 5.03. The molecule has 2 N–H and O–H groups in total. The Kier molecular flexibility index (Phi) is 6.30. The summed E-state index contributed by atoms with van der Waals surface area (Å²) < 4.78 is 19.6. The summed E-state index contributed by atoms with van der Waals surface area (Å²) in [6.07, 6.45) is 1.88. The van der Waals surface area contributed by atoms with Gasteiger partial charge >= 0.3 is 0 Å². The average molecular weight is 253 g/mol. The van der Waals surface area contributed by atoms with Crippen LogP contribution in [0.25, 0.3) is 0 Å². The minimum Gasteiger partial charge on any atom is -0.372 e. The van der Waals surface area contributed by atoms with Crippen molar-refractivity contribution in [1.29, 1.82) is 0 Å². The molecule has 0 saturated carbocycles. The first-order valence-corrected chi connectivity index (χ1v) is 6.67. The molecule has 0 aliphatic heterocycles. The van der Waals surface area contributed by atoms with Crippen LogP contribution in [0.5, 0.6) is 0 Å². The molecule has 1 aromatic rings. The van der Waals surface area contributed by atoms with Gasteiger partial charge in [-0.05, 0) is 25.3 Å². The van der Waals surface area contributed by atoms with E-state index >= 15 is 0 Å². The predicted octanol–water partition coefficient (Wildman–Crippen LogP) is 3.67. The fourth-order valence-electron chi connectivity index (χ4n) is 2.07. The second-order valence-electron chi connectivity index (χ2n) is 5.03. The van der Waals surface area contributed by atoms with Crippen LogP contribution in [0.15, 0.2) is 24.3 Å².